The summed E-state index contributed by atoms with van der Waals surface area (Å²) in [4.78, 5) is 41.0. The number of amides is 3. The Hall–Kier alpha value is -2.16. The summed E-state index contributed by atoms with van der Waals surface area (Å²) in [5, 5.41) is 14.1. The summed E-state index contributed by atoms with van der Waals surface area (Å²) in [6.45, 7) is 2.77. The number of carbonyl (C=O) groups excluding carboxylic acids is 2. The van der Waals surface area contributed by atoms with Crippen LogP contribution in [0, 0.1) is 6.92 Å². The highest BCUT2D eigenvalue weighted by atomic mass is 32.1. The van der Waals surface area contributed by atoms with Crippen molar-refractivity contribution >= 4 is 29.2 Å². The largest absolute Gasteiger partial charge is 0.481 e. The molecule has 0 aromatic carbocycles. The van der Waals surface area contributed by atoms with Gasteiger partial charge in [0.25, 0.3) is 0 Å². The second-order valence-corrected chi connectivity index (χ2v) is 5.56. The quantitative estimate of drug-likeness (QED) is 0.721. The smallest absolute Gasteiger partial charge is 0.318 e. The average molecular weight is 312 g/mol. The van der Waals surface area contributed by atoms with Crippen molar-refractivity contribution in [1.29, 1.82) is 0 Å². The van der Waals surface area contributed by atoms with Crippen LogP contribution in [-0.2, 0) is 16.1 Å². The molecular weight excluding hydrogens is 296 g/mol. The van der Waals surface area contributed by atoms with Gasteiger partial charge in [0.2, 0.25) is 5.91 Å². The topological polar surface area (TPSA) is 112 Å². The Labute approximate surface area is 125 Å². The number of piperazine rings is 1. The van der Waals surface area contributed by atoms with Gasteiger partial charge in [-0.2, -0.15) is 0 Å². The standard InChI is InChI=1S/C12H16N4O4S/c1-7-9(21-6-15-7)5-14-12(20)16-3-2-13-11(19)8(16)4-10(17)18/h6,8H,2-5H2,1H3,(H,13,19)(H,14,20)(H,17,18). The summed E-state index contributed by atoms with van der Waals surface area (Å²) in [5.74, 6) is -1.55. The van der Waals surface area contributed by atoms with Gasteiger partial charge in [-0.1, -0.05) is 0 Å². The normalized spacial score (nSPS) is 18.2. The number of nitrogens with one attached hydrogen (secondary N) is 2. The van der Waals surface area contributed by atoms with E-state index < -0.39 is 30.4 Å². The molecule has 0 saturated carbocycles. The van der Waals surface area contributed by atoms with Crippen molar-refractivity contribution in [3.8, 4) is 0 Å². The molecule has 1 atom stereocenters. The highest BCUT2D eigenvalue weighted by molar-refractivity contribution is 7.09. The van der Waals surface area contributed by atoms with Gasteiger partial charge in [0.05, 0.1) is 24.2 Å². The van der Waals surface area contributed by atoms with Crippen LogP contribution in [0.4, 0.5) is 4.79 Å². The third-order valence-electron chi connectivity index (χ3n) is 3.20. The van der Waals surface area contributed by atoms with Crippen molar-refractivity contribution in [3.05, 3.63) is 16.1 Å². The van der Waals surface area contributed by atoms with Crippen LogP contribution in [0.25, 0.3) is 0 Å². The van der Waals surface area contributed by atoms with Crippen LogP contribution in [0.3, 0.4) is 0 Å². The molecule has 1 saturated heterocycles. The summed E-state index contributed by atoms with van der Waals surface area (Å²) in [6, 6.07) is -1.41. The number of nitrogens with zero attached hydrogens (tertiary/aromatic N) is 2. The first-order valence-electron chi connectivity index (χ1n) is 6.42. The van der Waals surface area contributed by atoms with Gasteiger partial charge < -0.3 is 20.6 Å². The third-order valence-corrected chi connectivity index (χ3v) is 4.14. The lowest BCUT2D eigenvalue weighted by atomic mass is 10.1. The van der Waals surface area contributed by atoms with Crippen LogP contribution in [0.1, 0.15) is 17.0 Å². The zero-order valence-corrected chi connectivity index (χ0v) is 12.3. The van der Waals surface area contributed by atoms with Crippen LogP contribution in [0.15, 0.2) is 5.51 Å². The minimum atomic E-state index is -1.12. The molecule has 1 unspecified atom stereocenters. The minimum Gasteiger partial charge on any atom is -0.481 e. The molecule has 9 heteroatoms. The fourth-order valence-corrected chi connectivity index (χ4v) is 2.80. The molecule has 0 bridgehead atoms. The van der Waals surface area contributed by atoms with E-state index in [0.29, 0.717) is 13.1 Å². The van der Waals surface area contributed by atoms with Crippen LogP contribution >= 0.6 is 11.3 Å². The number of thiazole rings is 1. The number of aliphatic carboxylic acids is 1. The number of carbonyl (C=O) groups is 3. The second-order valence-electron chi connectivity index (χ2n) is 4.62. The lowest BCUT2D eigenvalue weighted by Gasteiger charge is -2.34. The fourth-order valence-electron chi connectivity index (χ4n) is 2.08. The molecule has 2 rings (SSSR count). The number of carboxylic acid groups (broad SMARTS) is 1. The number of hydrogen-bond donors (Lipinski definition) is 3. The molecular formula is C12H16N4O4S. The van der Waals surface area contributed by atoms with Crippen molar-refractivity contribution in [2.24, 2.45) is 0 Å². The molecule has 3 N–H and O–H groups in total. The molecule has 1 aromatic rings. The Morgan fingerprint density at radius 2 is 2.38 bits per heavy atom. The predicted molar refractivity (Wildman–Crippen MR) is 74.8 cm³/mol. The van der Waals surface area contributed by atoms with E-state index in [1.807, 2.05) is 6.92 Å². The van der Waals surface area contributed by atoms with Crippen LogP contribution < -0.4 is 10.6 Å². The summed E-state index contributed by atoms with van der Waals surface area (Å²) >= 11 is 1.43. The highest BCUT2D eigenvalue weighted by Gasteiger charge is 2.34. The van der Waals surface area contributed by atoms with Crippen molar-refractivity contribution in [2.45, 2.75) is 25.9 Å². The number of rotatable bonds is 4. The van der Waals surface area contributed by atoms with Gasteiger partial charge in [0.15, 0.2) is 0 Å². The Morgan fingerprint density at radius 3 is 3.00 bits per heavy atom. The monoisotopic (exact) mass is 312 g/mol. The van der Waals surface area contributed by atoms with Gasteiger partial charge in [0.1, 0.15) is 6.04 Å². The zero-order chi connectivity index (χ0) is 15.4. The van der Waals surface area contributed by atoms with Gasteiger partial charge >= 0.3 is 12.0 Å². The molecule has 1 aliphatic rings. The van der Waals surface area contributed by atoms with E-state index >= 15 is 0 Å². The van der Waals surface area contributed by atoms with Crippen molar-refractivity contribution in [3.63, 3.8) is 0 Å². The number of urea groups is 1. The van der Waals surface area contributed by atoms with Gasteiger partial charge in [-0.05, 0) is 6.92 Å². The molecule has 1 aliphatic heterocycles. The highest BCUT2D eigenvalue weighted by Crippen LogP contribution is 2.13. The first kappa shape index (κ1) is 15.2. The lowest BCUT2D eigenvalue weighted by molar-refractivity contribution is -0.142. The van der Waals surface area contributed by atoms with E-state index in [-0.39, 0.29) is 6.54 Å². The van der Waals surface area contributed by atoms with Crippen molar-refractivity contribution in [1.82, 2.24) is 20.5 Å². The van der Waals surface area contributed by atoms with Crippen molar-refractivity contribution < 1.29 is 19.5 Å². The minimum absolute atomic E-state index is 0.289. The molecule has 21 heavy (non-hydrogen) atoms. The molecule has 0 aliphatic carbocycles. The zero-order valence-electron chi connectivity index (χ0n) is 11.5. The molecule has 1 aromatic heterocycles. The Kier molecular flexibility index (Phi) is 4.73. The van der Waals surface area contributed by atoms with Crippen LogP contribution in [0.5, 0.6) is 0 Å². The number of aromatic nitrogens is 1. The van der Waals surface area contributed by atoms with E-state index in [4.69, 9.17) is 5.11 Å². The van der Waals surface area contributed by atoms with Crippen molar-refractivity contribution in [2.75, 3.05) is 13.1 Å². The van der Waals surface area contributed by atoms with Gasteiger partial charge in [-0.3, -0.25) is 9.59 Å². The van der Waals surface area contributed by atoms with E-state index in [9.17, 15) is 14.4 Å². The van der Waals surface area contributed by atoms with Gasteiger partial charge in [-0.15, -0.1) is 11.3 Å². The Balaban J connectivity index is 2.00. The van der Waals surface area contributed by atoms with E-state index in [1.54, 1.807) is 5.51 Å². The number of carboxylic acids is 1. The molecule has 0 radical (unpaired) electrons. The number of hydrogen-bond acceptors (Lipinski definition) is 5. The Bertz CT molecular complexity index is 559. The maximum absolute atomic E-state index is 12.2. The van der Waals surface area contributed by atoms with E-state index in [2.05, 4.69) is 15.6 Å². The van der Waals surface area contributed by atoms with Crippen LogP contribution in [0.2, 0.25) is 0 Å². The summed E-state index contributed by atoms with van der Waals surface area (Å²) in [6.07, 6.45) is -0.404. The maximum Gasteiger partial charge on any atom is 0.318 e. The van der Waals surface area contributed by atoms with Crippen LogP contribution in [-0.4, -0.2) is 52.0 Å². The third kappa shape index (κ3) is 3.69. The molecule has 3 amide bonds. The van der Waals surface area contributed by atoms with Gasteiger partial charge in [-0.25, -0.2) is 9.78 Å². The molecule has 1 fully saturated rings. The Morgan fingerprint density at radius 1 is 1.62 bits per heavy atom. The fraction of sp³-hybridized carbons (Fsp3) is 0.500. The first-order chi connectivity index (χ1) is 9.99. The second kappa shape index (κ2) is 6.53. The van der Waals surface area contributed by atoms with E-state index in [0.717, 1.165) is 10.6 Å². The van der Waals surface area contributed by atoms with E-state index in [1.165, 1.54) is 16.2 Å². The first-order valence-corrected chi connectivity index (χ1v) is 7.30. The lowest BCUT2D eigenvalue weighted by Crippen LogP contribution is -2.59. The molecule has 114 valence electrons. The maximum atomic E-state index is 12.2. The predicted octanol–water partition coefficient (Wildman–Crippen LogP) is -0.0638. The molecule has 0 spiro atoms. The number of aryl methyl sites for hydroxylation is 1. The summed E-state index contributed by atoms with van der Waals surface area (Å²) in [5.41, 5.74) is 2.54. The summed E-state index contributed by atoms with van der Waals surface area (Å²) in [7, 11) is 0. The molecule has 2 heterocycles. The average Bonchev–Trinajstić information content (AvgIpc) is 2.83. The molecule has 8 nitrogen and oxygen atoms in total. The summed E-state index contributed by atoms with van der Waals surface area (Å²) < 4.78 is 0. The SMILES string of the molecule is Cc1ncsc1CNC(=O)N1CCNC(=O)C1CC(=O)O. The van der Waals surface area contributed by atoms with Gasteiger partial charge in [0, 0.05) is 18.0 Å².